The Bertz CT molecular complexity index is 619. The van der Waals surface area contributed by atoms with Crippen molar-refractivity contribution >= 4 is 11.3 Å². The van der Waals surface area contributed by atoms with Crippen LogP contribution in [0.2, 0.25) is 0 Å². The standard InChI is InChI=1S/C17H18F2NOS.Y/c18-15-9-8-13(11-4-6-12(21)7-5-11)14(15)2-1-3-17-20-16(19)10-22-17;/h4-7,13-15,21H,1-3,8-9H2;/q-1;. The Kier molecular flexibility index (Phi) is 7.11. The molecule has 3 atom stereocenters. The van der Waals surface area contributed by atoms with Crippen LogP contribution in [0.1, 0.15) is 42.2 Å². The van der Waals surface area contributed by atoms with E-state index in [0.29, 0.717) is 12.8 Å². The Morgan fingerprint density at radius 3 is 2.65 bits per heavy atom. The molecule has 1 fully saturated rings. The van der Waals surface area contributed by atoms with Crippen molar-refractivity contribution in [3.8, 4) is 5.75 Å². The number of hydrogen-bond donors (Lipinski definition) is 1. The summed E-state index contributed by atoms with van der Waals surface area (Å²) in [5.41, 5.74) is 1.09. The number of hydrogen-bond acceptors (Lipinski definition) is 3. The summed E-state index contributed by atoms with van der Waals surface area (Å²) >= 11 is 1.20. The fourth-order valence-corrected chi connectivity index (χ4v) is 4.01. The Morgan fingerprint density at radius 2 is 2.00 bits per heavy atom. The number of thiazole rings is 1. The van der Waals surface area contributed by atoms with Gasteiger partial charge in [0.05, 0.1) is 0 Å². The van der Waals surface area contributed by atoms with E-state index in [1.165, 1.54) is 11.3 Å². The average molecular weight is 411 g/mol. The molecule has 1 aliphatic carbocycles. The minimum absolute atomic E-state index is 0. The van der Waals surface area contributed by atoms with Crippen molar-refractivity contribution in [2.45, 2.75) is 44.2 Å². The van der Waals surface area contributed by atoms with Crippen LogP contribution >= 0.6 is 11.3 Å². The second-order valence-corrected chi connectivity index (χ2v) is 6.73. The van der Waals surface area contributed by atoms with Crippen molar-refractivity contribution < 1.29 is 46.6 Å². The quantitative estimate of drug-likeness (QED) is 0.728. The molecule has 1 aliphatic rings. The summed E-state index contributed by atoms with van der Waals surface area (Å²) < 4.78 is 27.0. The molecule has 1 heterocycles. The maximum absolute atomic E-state index is 14.2. The van der Waals surface area contributed by atoms with Gasteiger partial charge in [-0.25, -0.2) is 8.78 Å². The molecule has 2 nitrogen and oxygen atoms in total. The molecule has 1 aromatic heterocycles. The van der Waals surface area contributed by atoms with Gasteiger partial charge in [0.25, 0.3) is 0 Å². The van der Waals surface area contributed by atoms with E-state index in [0.717, 1.165) is 29.8 Å². The van der Waals surface area contributed by atoms with Gasteiger partial charge in [-0.1, -0.05) is 30.0 Å². The summed E-state index contributed by atoms with van der Waals surface area (Å²) in [4.78, 5) is 3.76. The van der Waals surface area contributed by atoms with Crippen LogP contribution in [0.15, 0.2) is 24.3 Å². The molecule has 0 saturated heterocycles. The van der Waals surface area contributed by atoms with Crippen LogP contribution in [0.25, 0.3) is 0 Å². The normalized spacial score (nSPS) is 23.7. The fourth-order valence-electron chi connectivity index (χ4n) is 3.39. The molecule has 1 N–H and O–H groups in total. The molecule has 0 aliphatic heterocycles. The number of nitrogens with zero attached hydrogens (tertiary/aromatic N) is 1. The SMILES string of the molecule is Oc1ccc(C2CCC(F)C2CCCc2nc(F)[c-]s2)cc1.[Y]. The van der Waals surface area contributed by atoms with E-state index in [1.54, 1.807) is 12.1 Å². The number of aryl methyl sites for hydroxylation is 1. The second-order valence-electron chi connectivity index (χ2n) is 5.85. The fraction of sp³-hybridized carbons (Fsp3) is 0.471. The number of alkyl halides is 1. The smallest absolute Gasteiger partial charge is 0.115 e. The average Bonchev–Trinajstić information content (AvgIpc) is 3.07. The summed E-state index contributed by atoms with van der Waals surface area (Å²) in [5, 5.41) is 12.6. The molecule has 3 unspecified atom stereocenters. The largest absolute Gasteiger partial charge is 0.508 e. The first-order chi connectivity index (χ1) is 10.6. The number of phenolic OH excluding ortho intramolecular Hbond substituents is 1. The molecule has 3 rings (SSSR count). The van der Waals surface area contributed by atoms with Crippen molar-refractivity contribution in [3.63, 3.8) is 0 Å². The van der Waals surface area contributed by atoms with Crippen molar-refractivity contribution in [2.75, 3.05) is 0 Å². The molecule has 0 amide bonds. The molecular weight excluding hydrogens is 393 g/mol. The van der Waals surface area contributed by atoms with Crippen LogP contribution in [-0.4, -0.2) is 16.3 Å². The molecule has 23 heavy (non-hydrogen) atoms. The Morgan fingerprint density at radius 1 is 1.26 bits per heavy atom. The van der Waals surface area contributed by atoms with Crippen LogP contribution < -0.4 is 0 Å². The van der Waals surface area contributed by atoms with E-state index in [9.17, 15) is 13.9 Å². The van der Waals surface area contributed by atoms with Crippen molar-refractivity contribution in [1.82, 2.24) is 4.98 Å². The van der Waals surface area contributed by atoms with Gasteiger partial charge in [-0.05, 0) is 48.8 Å². The first kappa shape index (κ1) is 18.9. The predicted molar refractivity (Wildman–Crippen MR) is 82.3 cm³/mol. The van der Waals surface area contributed by atoms with E-state index in [4.69, 9.17) is 0 Å². The van der Waals surface area contributed by atoms with E-state index in [1.807, 2.05) is 12.1 Å². The third kappa shape index (κ3) is 4.80. The molecule has 1 saturated carbocycles. The van der Waals surface area contributed by atoms with E-state index >= 15 is 0 Å². The first-order valence-corrected chi connectivity index (χ1v) is 8.41. The van der Waals surface area contributed by atoms with E-state index in [-0.39, 0.29) is 50.3 Å². The van der Waals surface area contributed by atoms with Crippen molar-refractivity contribution in [3.05, 3.63) is 46.2 Å². The monoisotopic (exact) mass is 411 g/mol. The van der Waals surface area contributed by atoms with Gasteiger partial charge < -0.3 is 21.4 Å². The van der Waals surface area contributed by atoms with Gasteiger partial charge in [0, 0.05) is 32.7 Å². The maximum Gasteiger partial charge on any atom is 0.115 e. The minimum atomic E-state index is -0.779. The molecule has 2 aromatic rings. The van der Waals surface area contributed by atoms with Gasteiger partial charge in [-0.3, -0.25) is 0 Å². The topological polar surface area (TPSA) is 33.1 Å². The molecule has 0 spiro atoms. The first-order valence-electron chi connectivity index (χ1n) is 7.59. The summed E-state index contributed by atoms with van der Waals surface area (Å²) in [5.74, 6) is -0.114. The van der Waals surface area contributed by atoms with Gasteiger partial charge in [0.15, 0.2) is 0 Å². The number of aromatic nitrogens is 1. The summed E-state index contributed by atoms with van der Waals surface area (Å²) in [6, 6.07) is 7.09. The molecule has 1 radical (unpaired) electrons. The summed E-state index contributed by atoms with van der Waals surface area (Å²) in [6.07, 6.45) is 2.91. The zero-order valence-corrected chi connectivity index (χ0v) is 16.4. The zero-order valence-electron chi connectivity index (χ0n) is 12.7. The molecule has 6 heteroatoms. The van der Waals surface area contributed by atoms with Gasteiger partial charge in [0.1, 0.15) is 17.9 Å². The van der Waals surface area contributed by atoms with Gasteiger partial charge in [-0.15, -0.1) is 5.38 Å². The molecular formula is C17H18F2NOSY-. The number of benzene rings is 1. The van der Waals surface area contributed by atoms with Crippen molar-refractivity contribution in [1.29, 1.82) is 0 Å². The molecule has 0 bridgehead atoms. The number of rotatable bonds is 5. The number of aromatic hydroxyl groups is 1. The number of phenols is 1. The van der Waals surface area contributed by atoms with Crippen LogP contribution in [0.5, 0.6) is 5.75 Å². The Hall–Kier alpha value is -0.386. The zero-order chi connectivity index (χ0) is 15.5. The van der Waals surface area contributed by atoms with Gasteiger partial charge in [0.2, 0.25) is 0 Å². The predicted octanol–water partition coefficient (Wildman–Crippen LogP) is 4.64. The minimum Gasteiger partial charge on any atom is -0.508 e. The van der Waals surface area contributed by atoms with E-state index < -0.39 is 12.1 Å². The summed E-state index contributed by atoms with van der Waals surface area (Å²) in [6.45, 7) is 0. The van der Waals surface area contributed by atoms with Crippen molar-refractivity contribution in [2.24, 2.45) is 5.92 Å². The van der Waals surface area contributed by atoms with E-state index in [2.05, 4.69) is 10.4 Å². The Balaban J connectivity index is 0.00000192. The van der Waals surface area contributed by atoms with Crippen LogP contribution in [-0.2, 0) is 39.1 Å². The third-order valence-electron chi connectivity index (χ3n) is 4.46. The molecule has 121 valence electrons. The van der Waals surface area contributed by atoms with Crippen LogP contribution in [0.4, 0.5) is 8.78 Å². The maximum atomic E-state index is 14.2. The third-order valence-corrected chi connectivity index (χ3v) is 5.26. The van der Waals surface area contributed by atoms with Gasteiger partial charge in [-0.2, -0.15) is 0 Å². The number of halogens is 2. The second kappa shape index (κ2) is 8.63. The molecule has 1 aromatic carbocycles. The van der Waals surface area contributed by atoms with Crippen LogP contribution in [0, 0.1) is 17.2 Å². The van der Waals surface area contributed by atoms with Gasteiger partial charge >= 0.3 is 0 Å². The summed E-state index contributed by atoms with van der Waals surface area (Å²) in [7, 11) is 0. The van der Waals surface area contributed by atoms with Crippen LogP contribution in [0.3, 0.4) is 0 Å². The Labute approximate surface area is 164 Å².